The molecule has 0 fully saturated rings. The molecule has 1 amide bonds. The smallest absolute Gasteiger partial charge is 0.257 e. The third-order valence-corrected chi connectivity index (χ3v) is 5.50. The van der Waals surface area contributed by atoms with Crippen LogP contribution < -0.4 is 24.3 Å². The van der Waals surface area contributed by atoms with Crippen molar-refractivity contribution in [1.82, 2.24) is 4.98 Å². The van der Waals surface area contributed by atoms with Gasteiger partial charge in [0.05, 0.1) is 23.9 Å². The molecule has 0 saturated heterocycles. The van der Waals surface area contributed by atoms with Crippen LogP contribution >= 0.6 is 22.9 Å². The number of aromatic nitrogens is 1. The lowest BCUT2D eigenvalue weighted by Crippen LogP contribution is -2.12. The first kappa shape index (κ1) is 18.1. The summed E-state index contributed by atoms with van der Waals surface area (Å²) in [5.41, 5.74) is 1.99. The van der Waals surface area contributed by atoms with E-state index in [-0.39, 0.29) is 12.7 Å². The molecule has 3 heterocycles. The van der Waals surface area contributed by atoms with Gasteiger partial charge in [-0.3, -0.25) is 10.1 Å². The number of carbonyl (C=O) groups excluding carboxylic acids is 1. The highest BCUT2D eigenvalue weighted by atomic mass is 35.5. The van der Waals surface area contributed by atoms with E-state index in [4.69, 9.17) is 30.5 Å². The van der Waals surface area contributed by atoms with Crippen LogP contribution in [0.3, 0.4) is 0 Å². The summed E-state index contributed by atoms with van der Waals surface area (Å²) in [5.74, 6) is 2.02. The zero-order chi connectivity index (χ0) is 19.8. The summed E-state index contributed by atoms with van der Waals surface area (Å²) in [6.07, 6.45) is 0.758. The van der Waals surface area contributed by atoms with Crippen molar-refractivity contribution in [2.75, 3.05) is 25.3 Å². The lowest BCUT2D eigenvalue weighted by Gasteiger charge is -2.11. The topological polar surface area (TPSA) is 78.9 Å². The van der Waals surface area contributed by atoms with Gasteiger partial charge in [0.15, 0.2) is 28.1 Å². The molecule has 0 unspecified atom stereocenters. The second-order valence-electron chi connectivity index (χ2n) is 6.40. The van der Waals surface area contributed by atoms with Crippen LogP contribution in [0.2, 0.25) is 5.02 Å². The predicted octanol–water partition coefficient (Wildman–Crippen LogP) is 4.61. The van der Waals surface area contributed by atoms with E-state index in [0.29, 0.717) is 51.9 Å². The fourth-order valence-electron chi connectivity index (χ4n) is 3.05. The van der Waals surface area contributed by atoms with E-state index in [1.54, 1.807) is 12.1 Å². The van der Waals surface area contributed by atoms with Gasteiger partial charge in [-0.25, -0.2) is 4.98 Å². The quantitative estimate of drug-likeness (QED) is 0.654. The second-order valence-corrected chi connectivity index (χ2v) is 7.66. The zero-order valence-electron chi connectivity index (χ0n) is 15.1. The molecule has 2 aliphatic heterocycles. The molecule has 0 spiro atoms. The second kappa shape index (κ2) is 7.46. The molecular weight excluding hydrogens is 416 g/mol. The Morgan fingerprint density at radius 1 is 1.03 bits per heavy atom. The highest BCUT2D eigenvalue weighted by molar-refractivity contribution is 7.14. The van der Waals surface area contributed by atoms with Crippen LogP contribution in [-0.4, -0.2) is 30.9 Å². The first-order chi connectivity index (χ1) is 14.2. The third kappa shape index (κ3) is 3.56. The van der Waals surface area contributed by atoms with Crippen molar-refractivity contribution in [3.63, 3.8) is 0 Å². The highest BCUT2D eigenvalue weighted by Gasteiger charge is 2.20. The van der Waals surface area contributed by atoms with E-state index < -0.39 is 0 Å². The molecule has 2 aromatic carbocycles. The number of carbonyl (C=O) groups is 1. The fraction of sp³-hybridized carbons (Fsp3) is 0.200. The largest absolute Gasteiger partial charge is 0.489 e. The van der Waals surface area contributed by atoms with Crippen molar-refractivity contribution in [3.05, 3.63) is 46.3 Å². The number of nitrogens with zero attached hydrogens (tertiary/aromatic N) is 1. The molecule has 2 aliphatic rings. The Morgan fingerprint density at radius 2 is 1.90 bits per heavy atom. The van der Waals surface area contributed by atoms with Gasteiger partial charge in [0.2, 0.25) is 6.79 Å². The van der Waals surface area contributed by atoms with Crippen LogP contribution in [0.25, 0.3) is 11.3 Å². The molecule has 9 heteroatoms. The van der Waals surface area contributed by atoms with Gasteiger partial charge < -0.3 is 18.9 Å². The number of rotatable bonds is 3. The monoisotopic (exact) mass is 430 g/mol. The summed E-state index contributed by atoms with van der Waals surface area (Å²) < 4.78 is 22.0. The van der Waals surface area contributed by atoms with Crippen LogP contribution in [0.1, 0.15) is 16.8 Å². The molecule has 7 nitrogen and oxygen atoms in total. The van der Waals surface area contributed by atoms with Crippen LogP contribution in [0.4, 0.5) is 5.13 Å². The molecule has 1 aromatic heterocycles. The Hall–Kier alpha value is -2.97. The van der Waals surface area contributed by atoms with Crippen LogP contribution in [-0.2, 0) is 0 Å². The van der Waals surface area contributed by atoms with Gasteiger partial charge in [-0.1, -0.05) is 11.6 Å². The summed E-state index contributed by atoms with van der Waals surface area (Å²) in [7, 11) is 0. The maximum Gasteiger partial charge on any atom is 0.257 e. The van der Waals surface area contributed by atoms with Crippen molar-refractivity contribution in [2.45, 2.75) is 6.42 Å². The lowest BCUT2D eigenvalue weighted by molar-refractivity contribution is 0.102. The van der Waals surface area contributed by atoms with Gasteiger partial charge in [-0.05, 0) is 30.3 Å². The van der Waals surface area contributed by atoms with Gasteiger partial charge in [0.25, 0.3) is 5.91 Å². The number of hydrogen-bond acceptors (Lipinski definition) is 7. The van der Waals surface area contributed by atoms with Crippen molar-refractivity contribution in [2.24, 2.45) is 0 Å². The summed E-state index contributed by atoms with van der Waals surface area (Å²) in [4.78, 5) is 17.2. The van der Waals surface area contributed by atoms with Crippen molar-refractivity contribution >= 4 is 34.0 Å². The van der Waals surface area contributed by atoms with Crippen molar-refractivity contribution in [3.8, 4) is 34.3 Å². The number of hydrogen-bond donors (Lipinski definition) is 1. The molecule has 5 rings (SSSR count). The maximum absolute atomic E-state index is 12.7. The fourth-order valence-corrected chi connectivity index (χ4v) is 4.03. The average molecular weight is 431 g/mol. The SMILES string of the molecule is O=C(Nc1nc(-c2ccc3c(c2)OCO3)cs1)c1cc(Cl)c2c(c1)OCCCO2. The number of nitrogens with one attached hydrogen (secondary N) is 1. The first-order valence-corrected chi connectivity index (χ1v) is 10.2. The molecule has 3 aromatic rings. The van der Waals surface area contributed by atoms with E-state index in [1.807, 2.05) is 23.6 Å². The maximum atomic E-state index is 12.7. The molecular formula is C20H15ClN2O5S. The zero-order valence-corrected chi connectivity index (χ0v) is 16.6. The number of anilines is 1. The van der Waals surface area contributed by atoms with Crippen LogP contribution in [0, 0.1) is 0 Å². The number of fused-ring (bicyclic) bond motifs is 2. The van der Waals surface area contributed by atoms with Crippen LogP contribution in [0.15, 0.2) is 35.7 Å². The minimum Gasteiger partial charge on any atom is -0.489 e. The molecule has 0 aliphatic carbocycles. The van der Waals surface area contributed by atoms with Crippen LogP contribution in [0.5, 0.6) is 23.0 Å². The third-order valence-electron chi connectivity index (χ3n) is 4.46. The minimum atomic E-state index is -0.325. The lowest BCUT2D eigenvalue weighted by atomic mass is 10.1. The normalized spacial score (nSPS) is 14.4. The summed E-state index contributed by atoms with van der Waals surface area (Å²) in [6, 6.07) is 8.81. The molecule has 1 N–H and O–H groups in total. The average Bonchev–Trinajstić information content (AvgIpc) is 3.31. The standard InChI is InChI=1S/C20H15ClN2O5S/c21-13-6-12(8-17-18(13)26-5-1-4-25-17)19(24)23-20-22-14(9-29-20)11-2-3-15-16(7-11)28-10-27-15/h2-3,6-9H,1,4-5,10H2,(H,22,23,24). The summed E-state index contributed by atoms with van der Waals surface area (Å²) >= 11 is 7.61. The van der Waals surface area contributed by atoms with E-state index in [2.05, 4.69) is 10.3 Å². The van der Waals surface area contributed by atoms with Crippen molar-refractivity contribution < 1.29 is 23.7 Å². The molecule has 0 saturated carbocycles. The van der Waals surface area contributed by atoms with E-state index in [0.717, 1.165) is 17.7 Å². The Morgan fingerprint density at radius 3 is 2.83 bits per heavy atom. The van der Waals surface area contributed by atoms with Gasteiger partial charge in [-0.2, -0.15) is 0 Å². The Kier molecular flexibility index (Phi) is 4.65. The van der Waals surface area contributed by atoms with E-state index >= 15 is 0 Å². The number of halogens is 1. The highest BCUT2D eigenvalue weighted by Crippen LogP contribution is 2.39. The summed E-state index contributed by atoms with van der Waals surface area (Å²) in [6.45, 7) is 1.26. The Balaban J connectivity index is 1.35. The number of amides is 1. The number of benzene rings is 2. The first-order valence-electron chi connectivity index (χ1n) is 8.93. The molecule has 0 atom stereocenters. The van der Waals surface area contributed by atoms with Gasteiger partial charge in [-0.15, -0.1) is 11.3 Å². The van der Waals surface area contributed by atoms with Gasteiger partial charge >= 0.3 is 0 Å². The Labute approximate surface area is 175 Å². The van der Waals surface area contributed by atoms with Crippen molar-refractivity contribution in [1.29, 1.82) is 0 Å². The summed E-state index contributed by atoms with van der Waals surface area (Å²) in [5, 5.41) is 5.50. The minimum absolute atomic E-state index is 0.218. The number of ether oxygens (including phenoxy) is 4. The Bertz CT molecular complexity index is 1100. The van der Waals surface area contributed by atoms with Gasteiger partial charge in [0.1, 0.15) is 0 Å². The molecule has 29 heavy (non-hydrogen) atoms. The molecule has 0 bridgehead atoms. The molecule has 148 valence electrons. The predicted molar refractivity (Wildman–Crippen MR) is 109 cm³/mol. The molecule has 0 radical (unpaired) electrons. The van der Waals surface area contributed by atoms with E-state index in [1.165, 1.54) is 11.3 Å². The number of thiazole rings is 1. The van der Waals surface area contributed by atoms with E-state index in [9.17, 15) is 4.79 Å². The van der Waals surface area contributed by atoms with Gasteiger partial charge in [0, 0.05) is 22.9 Å².